The van der Waals surface area contributed by atoms with Crippen LogP contribution in [0.25, 0.3) is 11.0 Å². The third-order valence-electron chi connectivity index (χ3n) is 6.30. The Labute approximate surface area is 213 Å². The van der Waals surface area contributed by atoms with Crippen LogP contribution in [0.5, 0.6) is 5.75 Å². The molecule has 12 heteroatoms. The number of carbonyl (C=O) groups is 1. The lowest BCUT2D eigenvalue weighted by Gasteiger charge is -2.26. The van der Waals surface area contributed by atoms with E-state index < -0.39 is 32.8 Å². The summed E-state index contributed by atoms with van der Waals surface area (Å²) in [5.74, 6) is -1.64. The first-order valence-corrected chi connectivity index (χ1v) is 13.6. The zero-order valence-corrected chi connectivity index (χ0v) is 21.3. The number of rotatable bonds is 9. The summed E-state index contributed by atoms with van der Waals surface area (Å²) in [7, 11) is -1.97. The second-order valence-corrected chi connectivity index (χ2v) is 11.0. The van der Waals surface area contributed by atoms with Crippen LogP contribution in [0.4, 0.5) is 4.39 Å². The second-order valence-electron chi connectivity index (χ2n) is 8.87. The highest BCUT2D eigenvalue weighted by Gasteiger charge is 2.27. The summed E-state index contributed by atoms with van der Waals surface area (Å²) in [4.78, 5) is 30.6. The zero-order chi connectivity index (χ0) is 26.6. The molecule has 4 rings (SSSR count). The van der Waals surface area contributed by atoms with E-state index >= 15 is 0 Å². The van der Waals surface area contributed by atoms with Crippen molar-refractivity contribution in [3.63, 3.8) is 0 Å². The van der Waals surface area contributed by atoms with Crippen molar-refractivity contribution in [2.45, 2.75) is 25.8 Å². The predicted octanol–water partition coefficient (Wildman–Crippen LogP) is 1.63. The monoisotopic (exact) mass is 532 g/mol. The lowest BCUT2D eigenvalue weighted by atomic mass is 10.1. The number of hydrogen-bond donors (Lipinski definition) is 2. The SMILES string of the molecule is COCCNC(=O)c1c(O)c2ncc(Cc3ccc(F)cc3)cc2n(CCN2CCCCS2(=O)=O)c1=O. The number of pyridine rings is 2. The summed E-state index contributed by atoms with van der Waals surface area (Å²) < 4.78 is 45.8. The maximum atomic E-state index is 13.5. The van der Waals surface area contributed by atoms with Gasteiger partial charge in [-0.3, -0.25) is 14.6 Å². The van der Waals surface area contributed by atoms with Gasteiger partial charge in [-0.05, 0) is 48.6 Å². The van der Waals surface area contributed by atoms with Crippen molar-refractivity contribution in [2.24, 2.45) is 0 Å². The topological polar surface area (TPSA) is 131 Å². The van der Waals surface area contributed by atoms with Crippen LogP contribution >= 0.6 is 0 Å². The van der Waals surface area contributed by atoms with Crippen LogP contribution in [-0.4, -0.2) is 72.4 Å². The molecule has 1 saturated heterocycles. The summed E-state index contributed by atoms with van der Waals surface area (Å²) in [5, 5.41) is 13.4. The Kier molecular flexibility index (Phi) is 8.20. The van der Waals surface area contributed by atoms with Crippen molar-refractivity contribution in [1.29, 1.82) is 0 Å². The highest BCUT2D eigenvalue weighted by Crippen LogP contribution is 2.26. The molecule has 1 fully saturated rings. The van der Waals surface area contributed by atoms with E-state index in [1.807, 2.05) is 0 Å². The van der Waals surface area contributed by atoms with Crippen LogP contribution in [0, 0.1) is 5.82 Å². The normalized spacial score (nSPS) is 15.6. The van der Waals surface area contributed by atoms with E-state index in [0.29, 0.717) is 24.9 Å². The summed E-state index contributed by atoms with van der Waals surface area (Å²) in [6, 6.07) is 7.64. The number of methoxy groups -OCH3 is 1. The number of halogens is 1. The third kappa shape index (κ3) is 5.97. The molecule has 2 aromatic heterocycles. The molecule has 37 heavy (non-hydrogen) atoms. The number of benzene rings is 1. The summed E-state index contributed by atoms with van der Waals surface area (Å²) in [6.07, 6.45) is 3.21. The van der Waals surface area contributed by atoms with Crippen molar-refractivity contribution in [3.8, 4) is 5.75 Å². The van der Waals surface area contributed by atoms with Crippen molar-refractivity contribution >= 4 is 27.0 Å². The molecule has 10 nitrogen and oxygen atoms in total. The van der Waals surface area contributed by atoms with Crippen LogP contribution < -0.4 is 10.9 Å². The number of sulfonamides is 1. The number of aromatic nitrogens is 2. The molecule has 0 spiro atoms. The molecule has 1 aliphatic rings. The quantitative estimate of drug-likeness (QED) is 0.401. The number of nitrogens with zero attached hydrogens (tertiary/aromatic N) is 3. The van der Waals surface area contributed by atoms with E-state index in [4.69, 9.17) is 4.74 Å². The van der Waals surface area contributed by atoms with Gasteiger partial charge in [0.15, 0.2) is 5.75 Å². The minimum atomic E-state index is -3.43. The van der Waals surface area contributed by atoms with E-state index in [1.165, 1.54) is 34.3 Å². The van der Waals surface area contributed by atoms with E-state index in [-0.39, 0.29) is 48.8 Å². The Balaban J connectivity index is 1.76. The van der Waals surface area contributed by atoms with Gasteiger partial charge in [-0.25, -0.2) is 17.1 Å². The van der Waals surface area contributed by atoms with Gasteiger partial charge in [0.2, 0.25) is 10.0 Å². The lowest BCUT2D eigenvalue weighted by molar-refractivity contribution is 0.0932. The molecule has 0 radical (unpaired) electrons. The van der Waals surface area contributed by atoms with Crippen molar-refractivity contribution in [1.82, 2.24) is 19.2 Å². The number of fused-ring (bicyclic) bond motifs is 1. The lowest BCUT2D eigenvalue weighted by Crippen LogP contribution is -2.41. The van der Waals surface area contributed by atoms with Gasteiger partial charge in [-0.2, -0.15) is 0 Å². The van der Waals surface area contributed by atoms with E-state index in [9.17, 15) is 27.5 Å². The van der Waals surface area contributed by atoms with Gasteiger partial charge in [0.1, 0.15) is 16.9 Å². The molecule has 0 aliphatic carbocycles. The molecule has 2 N–H and O–H groups in total. The van der Waals surface area contributed by atoms with Gasteiger partial charge in [-0.1, -0.05) is 12.1 Å². The maximum Gasteiger partial charge on any atom is 0.267 e. The van der Waals surface area contributed by atoms with Gasteiger partial charge < -0.3 is 19.7 Å². The Morgan fingerprint density at radius 1 is 1.19 bits per heavy atom. The van der Waals surface area contributed by atoms with E-state index in [1.54, 1.807) is 18.2 Å². The average Bonchev–Trinajstić information content (AvgIpc) is 2.86. The van der Waals surface area contributed by atoms with Crippen LogP contribution in [-0.2, 0) is 27.7 Å². The molecule has 3 aromatic rings. The fourth-order valence-electron chi connectivity index (χ4n) is 4.37. The molecule has 1 aliphatic heterocycles. The van der Waals surface area contributed by atoms with Crippen LogP contribution in [0.2, 0.25) is 0 Å². The summed E-state index contributed by atoms with van der Waals surface area (Å²) >= 11 is 0. The van der Waals surface area contributed by atoms with Crippen LogP contribution in [0.15, 0.2) is 41.3 Å². The van der Waals surface area contributed by atoms with Crippen molar-refractivity contribution in [3.05, 3.63) is 69.4 Å². The predicted molar refractivity (Wildman–Crippen MR) is 136 cm³/mol. The van der Waals surface area contributed by atoms with Crippen molar-refractivity contribution in [2.75, 3.05) is 39.1 Å². The number of nitrogens with one attached hydrogen (secondary N) is 1. The van der Waals surface area contributed by atoms with E-state index in [2.05, 4.69) is 10.3 Å². The molecule has 0 saturated carbocycles. The molecule has 0 unspecified atom stereocenters. The average molecular weight is 533 g/mol. The molecular formula is C25H29FN4O6S. The van der Waals surface area contributed by atoms with E-state index in [0.717, 1.165) is 12.0 Å². The summed E-state index contributed by atoms with van der Waals surface area (Å²) in [5.41, 5.74) is 0.591. The van der Waals surface area contributed by atoms with Crippen LogP contribution in [0.1, 0.15) is 34.3 Å². The van der Waals surface area contributed by atoms with Gasteiger partial charge in [0, 0.05) is 39.5 Å². The largest absolute Gasteiger partial charge is 0.505 e. The highest BCUT2D eigenvalue weighted by molar-refractivity contribution is 7.89. The number of ether oxygens (including phenoxy) is 1. The minimum absolute atomic E-state index is 0.0329. The number of amides is 1. The first-order chi connectivity index (χ1) is 17.7. The van der Waals surface area contributed by atoms with Gasteiger partial charge >= 0.3 is 0 Å². The molecule has 0 atom stereocenters. The number of aromatic hydroxyl groups is 1. The minimum Gasteiger partial charge on any atom is -0.505 e. The van der Waals surface area contributed by atoms with Gasteiger partial charge in [0.05, 0.1) is 17.9 Å². The first kappa shape index (κ1) is 26.7. The third-order valence-corrected chi connectivity index (χ3v) is 8.26. The maximum absolute atomic E-state index is 13.5. The smallest absolute Gasteiger partial charge is 0.267 e. The number of hydrogen-bond acceptors (Lipinski definition) is 7. The second kappa shape index (κ2) is 11.4. The fourth-order valence-corrected chi connectivity index (χ4v) is 5.96. The highest BCUT2D eigenvalue weighted by atomic mass is 32.2. The standard InChI is InChI=1S/C25H29FN4O6S/c1-36-12-8-27-24(32)21-23(31)22-20(15-18(16-28-22)14-17-4-6-19(26)7-5-17)30(25(21)33)11-10-29-9-2-3-13-37(29,34)35/h4-7,15-16,31H,2-3,8-14H2,1H3,(H,27,32). The Hall–Kier alpha value is -3.35. The van der Waals surface area contributed by atoms with Crippen LogP contribution in [0.3, 0.4) is 0 Å². The summed E-state index contributed by atoms with van der Waals surface area (Å²) in [6.45, 7) is 0.698. The number of carbonyl (C=O) groups excluding carboxylic acids is 1. The van der Waals surface area contributed by atoms with Crippen molar-refractivity contribution < 1.29 is 27.4 Å². The first-order valence-electron chi connectivity index (χ1n) is 11.9. The van der Waals surface area contributed by atoms with Gasteiger partial charge in [-0.15, -0.1) is 0 Å². The Morgan fingerprint density at radius 3 is 2.65 bits per heavy atom. The molecular weight excluding hydrogens is 503 g/mol. The molecule has 3 heterocycles. The van der Waals surface area contributed by atoms with Gasteiger partial charge in [0.25, 0.3) is 11.5 Å². The molecule has 0 bridgehead atoms. The fraction of sp³-hybridized carbons (Fsp3) is 0.400. The Bertz CT molecular complexity index is 1460. The Morgan fingerprint density at radius 2 is 1.95 bits per heavy atom. The molecule has 198 valence electrons. The zero-order valence-electron chi connectivity index (χ0n) is 20.4. The molecule has 1 amide bonds. The molecule has 1 aromatic carbocycles.